The monoisotopic (exact) mass is 869 g/mol. The van der Waals surface area contributed by atoms with E-state index in [1.165, 1.54) is 69.8 Å². The highest BCUT2D eigenvalue weighted by Crippen LogP contribution is 2.43. The average molecular weight is 870 g/mol. The molecule has 6 N–H and O–H groups in total. The zero-order valence-corrected chi connectivity index (χ0v) is 32.8. The molecule has 316 valence electrons. The molecule has 0 aliphatic heterocycles. The first-order valence-corrected chi connectivity index (χ1v) is 19.2. The highest BCUT2D eigenvalue weighted by molar-refractivity contribution is 7.57. The number of hydrogen-bond donors (Lipinski definition) is 6. The van der Waals surface area contributed by atoms with E-state index >= 15 is 0 Å². The molecule has 4 aromatic rings. The van der Waals surface area contributed by atoms with E-state index in [0.29, 0.717) is 33.7 Å². The van der Waals surface area contributed by atoms with Crippen LogP contribution < -0.4 is 35.0 Å². The summed E-state index contributed by atoms with van der Waals surface area (Å²) in [5.41, 5.74) is 1.34. The van der Waals surface area contributed by atoms with E-state index in [2.05, 4.69) is 26.0 Å². The van der Waals surface area contributed by atoms with Crippen molar-refractivity contribution in [1.29, 1.82) is 0 Å². The summed E-state index contributed by atoms with van der Waals surface area (Å²) in [7, 11) is -1.06. The van der Waals surface area contributed by atoms with Crippen LogP contribution in [0.3, 0.4) is 0 Å². The zero-order chi connectivity index (χ0) is 43.5. The number of carboxylic acids is 2. The molecule has 0 spiro atoms. The number of alkyl halides is 3. The van der Waals surface area contributed by atoms with E-state index in [4.69, 9.17) is 50.1 Å². The van der Waals surface area contributed by atoms with Gasteiger partial charge in [-0.2, -0.15) is 13.2 Å². The highest BCUT2D eigenvalue weighted by Gasteiger charge is 2.38. The van der Waals surface area contributed by atoms with Crippen LogP contribution in [0.1, 0.15) is 35.7 Å². The van der Waals surface area contributed by atoms with Crippen molar-refractivity contribution in [2.45, 2.75) is 44.6 Å². The van der Waals surface area contributed by atoms with Gasteiger partial charge in [0.25, 0.3) is 5.91 Å². The lowest BCUT2D eigenvalue weighted by atomic mass is 10.1. The third kappa shape index (κ3) is 13.7. The Morgan fingerprint density at radius 1 is 0.966 bits per heavy atom. The number of fused-ring (bicyclic) bond motifs is 1. The fraction of sp³-hybridized carbons (Fsp3) is 0.278. The number of nitrogens with one attached hydrogen (secondary N) is 4. The lowest BCUT2D eigenvalue weighted by molar-refractivity contribution is -0.192. The summed E-state index contributed by atoms with van der Waals surface area (Å²) in [5, 5.41) is 27.1. The summed E-state index contributed by atoms with van der Waals surface area (Å²) < 4.78 is 71.9. The van der Waals surface area contributed by atoms with E-state index in [1.54, 1.807) is 18.2 Å². The Balaban J connectivity index is 0.00000101. The van der Waals surface area contributed by atoms with Crippen LogP contribution in [0.5, 0.6) is 23.0 Å². The fourth-order valence-electron chi connectivity index (χ4n) is 4.71. The topological polar surface area (TPSA) is 250 Å². The second-order valence-electron chi connectivity index (χ2n) is 12.3. The fourth-order valence-corrected chi connectivity index (χ4v) is 6.62. The zero-order valence-electron chi connectivity index (χ0n) is 31.1. The largest absolute Gasteiger partial charge is 0.496 e. The van der Waals surface area contributed by atoms with Gasteiger partial charge in [0.05, 0.1) is 28.9 Å². The van der Waals surface area contributed by atoms with Crippen molar-refractivity contribution < 1.29 is 75.4 Å². The number of nitrogens with zero attached hydrogens (tertiary/aromatic N) is 1. The molecule has 1 aromatic heterocycles. The second-order valence-corrected chi connectivity index (χ2v) is 14.8. The van der Waals surface area contributed by atoms with E-state index in [0.717, 1.165) is 12.8 Å². The van der Waals surface area contributed by atoms with Crippen molar-refractivity contribution in [2.24, 2.45) is 0 Å². The molecule has 2 atom stereocenters. The van der Waals surface area contributed by atoms with E-state index < -0.39 is 43.7 Å². The predicted octanol–water partition coefficient (Wildman–Crippen LogP) is 6.91. The number of imide groups is 1. The molecular formula is C36H36ClF3N5O13P. The average Bonchev–Trinajstić information content (AvgIpc) is 3.99. The molecule has 23 heteroatoms. The van der Waals surface area contributed by atoms with E-state index in [1.807, 2.05) is 0 Å². The van der Waals surface area contributed by atoms with Crippen LogP contribution in [-0.2, 0) is 30.2 Å². The minimum absolute atomic E-state index is 0.00290. The molecule has 1 aliphatic rings. The Labute approximate surface area is 337 Å². The second kappa shape index (κ2) is 20.0. The molecule has 0 saturated heterocycles. The van der Waals surface area contributed by atoms with E-state index in [9.17, 15) is 36.9 Å². The van der Waals surface area contributed by atoms with Crippen molar-refractivity contribution in [3.63, 3.8) is 0 Å². The van der Waals surface area contributed by atoms with Crippen LogP contribution in [-0.4, -0.2) is 84.0 Å². The van der Waals surface area contributed by atoms with Gasteiger partial charge in [-0.25, -0.2) is 19.5 Å². The number of alkyl carbamates (subject to hydrolysis) is 1. The number of anilines is 1. The number of halogens is 4. The number of methoxy groups -OCH3 is 2. The maximum atomic E-state index is 13.2. The third-order valence-electron chi connectivity index (χ3n) is 7.66. The number of carboxylic acid groups (broad SMARTS) is 2. The summed E-state index contributed by atoms with van der Waals surface area (Å²) in [4.78, 5) is 62.4. The first-order valence-electron chi connectivity index (χ1n) is 17.0. The number of benzene rings is 3. The van der Waals surface area contributed by atoms with Crippen molar-refractivity contribution in [3.05, 3.63) is 83.0 Å². The van der Waals surface area contributed by atoms with Crippen LogP contribution in [0.25, 0.3) is 10.9 Å². The van der Waals surface area contributed by atoms with Gasteiger partial charge in [-0.1, -0.05) is 23.7 Å². The summed E-state index contributed by atoms with van der Waals surface area (Å²) >= 11 is 6.41. The van der Waals surface area contributed by atoms with Gasteiger partial charge in [0.2, 0.25) is 0 Å². The maximum Gasteiger partial charge on any atom is 0.490 e. The number of carbonyl (C=O) groups is 5. The molecule has 5 rings (SSSR count). The minimum atomic E-state index is -5.08. The number of urea groups is 1. The molecule has 59 heavy (non-hydrogen) atoms. The molecule has 1 heterocycles. The molecule has 2 unspecified atom stereocenters. The van der Waals surface area contributed by atoms with E-state index in [-0.39, 0.29) is 47.1 Å². The molecule has 0 radical (unpaired) electrons. The summed E-state index contributed by atoms with van der Waals surface area (Å²) in [5.74, 6) is -3.82. The molecule has 1 aliphatic carbocycles. The molecule has 18 nitrogen and oxygen atoms in total. The smallest absolute Gasteiger partial charge is 0.490 e. The Morgan fingerprint density at radius 3 is 2.20 bits per heavy atom. The van der Waals surface area contributed by atoms with Crippen LogP contribution >= 0.6 is 19.1 Å². The first kappa shape index (κ1) is 45.6. The Bertz CT molecular complexity index is 2240. The normalized spacial score (nSPS) is 13.7. The van der Waals surface area contributed by atoms with Crippen LogP contribution in [0, 0.1) is 0 Å². The Kier molecular flexibility index (Phi) is 15.5. The van der Waals surface area contributed by atoms with Gasteiger partial charge in [-0.15, -0.1) is 0 Å². The quantitative estimate of drug-likeness (QED) is 0.0664. The summed E-state index contributed by atoms with van der Waals surface area (Å²) in [6.07, 6.45) is -3.09. The standard InChI is InChI=1S/C34H35ClN5O11P.C2HF3O2/c1-19(32(42)43)40-52(46,18-47-2)51-22-8-4-20(5-9-22)17-49-34(45)39-31(41)25-15-24-28(16-30(25)48-3)36-13-12-29(24)50-23-10-11-27(26(35)14-23)38-33(44)37-21-6-7-21;3-2(4,5)1(6)7/h4-5,8-16,19,21H,6-7,17-18H2,1-3H3,(H,40,46)(H,42,43)(H2,37,38,44)(H,39,41,45);(H,6,7). The SMILES string of the molecule is COCP(=O)(NC(C)C(=O)O)Oc1ccc(COC(=O)NC(=O)c2cc3c(Oc4ccc(NC(=O)NC5CC5)c(Cl)c4)ccnc3cc2OC)cc1.O=C(O)C(F)(F)F. The van der Waals surface area contributed by atoms with Crippen LogP contribution in [0.15, 0.2) is 66.9 Å². The molecule has 1 fully saturated rings. The first-order chi connectivity index (χ1) is 27.8. The van der Waals surface area contributed by atoms with Gasteiger partial charge in [0.15, 0.2) is 0 Å². The van der Waals surface area contributed by atoms with Gasteiger partial charge in [-0.05, 0) is 61.7 Å². The van der Waals surface area contributed by atoms with Gasteiger partial charge in [0, 0.05) is 36.9 Å². The molecular weight excluding hydrogens is 834 g/mol. The number of ether oxygens (including phenoxy) is 4. The Morgan fingerprint density at radius 2 is 1.63 bits per heavy atom. The number of aromatic nitrogens is 1. The van der Waals surface area contributed by atoms with Crippen molar-refractivity contribution in [2.75, 3.05) is 25.9 Å². The van der Waals surface area contributed by atoms with Gasteiger partial charge in [0.1, 0.15) is 42.0 Å². The van der Waals surface area contributed by atoms with Gasteiger partial charge >= 0.3 is 37.8 Å². The Hall–Kier alpha value is -6.15. The molecule has 3 aromatic carbocycles. The number of carbonyl (C=O) groups excluding carboxylic acids is 3. The summed E-state index contributed by atoms with van der Waals surface area (Å²) in [6, 6.07) is 14.0. The van der Waals surface area contributed by atoms with Crippen molar-refractivity contribution in [3.8, 4) is 23.0 Å². The molecule has 4 amide bonds. The van der Waals surface area contributed by atoms with Crippen LogP contribution in [0.4, 0.5) is 28.4 Å². The van der Waals surface area contributed by atoms with Crippen LogP contribution in [0.2, 0.25) is 5.02 Å². The number of hydrogen-bond acceptors (Lipinski definition) is 12. The maximum absolute atomic E-state index is 13.2. The minimum Gasteiger partial charge on any atom is -0.496 e. The lowest BCUT2D eigenvalue weighted by Crippen LogP contribution is -2.33. The summed E-state index contributed by atoms with van der Waals surface area (Å²) in [6.45, 7) is 1.09. The molecule has 1 saturated carbocycles. The number of rotatable bonds is 15. The number of aliphatic carboxylic acids is 2. The molecule has 0 bridgehead atoms. The van der Waals surface area contributed by atoms with Crippen molar-refractivity contribution in [1.82, 2.24) is 20.7 Å². The number of amides is 4. The van der Waals surface area contributed by atoms with Crippen molar-refractivity contribution >= 4 is 65.7 Å². The van der Waals surface area contributed by atoms with Gasteiger partial charge in [-0.3, -0.25) is 24.5 Å². The number of pyridine rings is 1. The highest BCUT2D eigenvalue weighted by atomic mass is 35.5. The van der Waals surface area contributed by atoms with Gasteiger partial charge < -0.3 is 44.3 Å². The lowest BCUT2D eigenvalue weighted by Gasteiger charge is -2.22. The third-order valence-corrected chi connectivity index (χ3v) is 9.86. The predicted molar refractivity (Wildman–Crippen MR) is 203 cm³/mol.